The van der Waals surface area contributed by atoms with Crippen LogP contribution in [0.4, 0.5) is 5.82 Å². The van der Waals surface area contributed by atoms with E-state index in [1.54, 1.807) is 0 Å². The topological polar surface area (TPSA) is 45.1 Å². The molecule has 2 aromatic carbocycles. The molecule has 0 amide bonds. The van der Waals surface area contributed by atoms with Crippen LogP contribution in [0.5, 0.6) is 0 Å². The summed E-state index contributed by atoms with van der Waals surface area (Å²) in [6.45, 7) is 0. The molecule has 2 atom stereocenters. The lowest BCUT2D eigenvalue weighted by atomic mass is 10.1. The van der Waals surface area contributed by atoms with Gasteiger partial charge in [-0.25, -0.2) is 4.98 Å². The zero-order valence-corrected chi connectivity index (χ0v) is 12.6. The van der Waals surface area contributed by atoms with Gasteiger partial charge in [-0.3, -0.25) is 0 Å². The highest BCUT2D eigenvalue weighted by atomic mass is 35.5. The van der Waals surface area contributed by atoms with Gasteiger partial charge in [0.2, 0.25) is 0 Å². The fourth-order valence-electron chi connectivity index (χ4n) is 3.14. The van der Waals surface area contributed by atoms with Gasteiger partial charge in [-0.1, -0.05) is 60.1 Å². The predicted octanol–water partition coefficient (Wildman–Crippen LogP) is 3.96. The minimum Gasteiger partial charge on any atom is -0.390 e. The molecule has 2 N–H and O–H groups in total. The van der Waals surface area contributed by atoms with E-state index in [0.717, 1.165) is 16.3 Å². The summed E-state index contributed by atoms with van der Waals surface area (Å²) in [7, 11) is 0. The molecule has 22 heavy (non-hydrogen) atoms. The molecule has 3 aromatic rings. The van der Waals surface area contributed by atoms with Crippen molar-refractivity contribution in [3.8, 4) is 0 Å². The van der Waals surface area contributed by atoms with Crippen LogP contribution < -0.4 is 5.32 Å². The monoisotopic (exact) mass is 310 g/mol. The van der Waals surface area contributed by atoms with Gasteiger partial charge in [-0.15, -0.1) is 0 Å². The van der Waals surface area contributed by atoms with Crippen LogP contribution in [0, 0.1) is 0 Å². The van der Waals surface area contributed by atoms with Crippen LogP contribution >= 0.6 is 11.6 Å². The van der Waals surface area contributed by atoms with E-state index in [1.807, 2.05) is 48.5 Å². The first-order valence-corrected chi connectivity index (χ1v) is 7.68. The Morgan fingerprint density at radius 1 is 1.09 bits per heavy atom. The second kappa shape index (κ2) is 5.27. The summed E-state index contributed by atoms with van der Waals surface area (Å²) in [6.07, 6.45) is 0.208. The lowest BCUT2D eigenvalue weighted by Gasteiger charge is -2.19. The predicted molar refractivity (Wildman–Crippen MR) is 89.3 cm³/mol. The maximum atomic E-state index is 10.3. The molecule has 0 radical (unpaired) electrons. The van der Waals surface area contributed by atoms with E-state index in [-0.39, 0.29) is 6.04 Å². The number of aliphatic hydroxyl groups excluding tert-OH is 1. The van der Waals surface area contributed by atoms with E-state index in [9.17, 15) is 5.11 Å². The van der Waals surface area contributed by atoms with Crippen LogP contribution in [0.25, 0.3) is 10.8 Å². The third-order valence-electron chi connectivity index (χ3n) is 4.20. The molecule has 1 aromatic heterocycles. The zero-order valence-electron chi connectivity index (χ0n) is 11.8. The molecule has 1 aliphatic carbocycles. The Labute approximate surface area is 133 Å². The van der Waals surface area contributed by atoms with Crippen molar-refractivity contribution >= 4 is 28.2 Å². The number of nitrogens with one attached hydrogen (secondary N) is 1. The number of nitrogens with zero attached hydrogens (tertiary/aromatic N) is 1. The van der Waals surface area contributed by atoms with Crippen molar-refractivity contribution in [2.45, 2.75) is 18.6 Å². The van der Waals surface area contributed by atoms with Crippen molar-refractivity contribution in [3.05, 3.63) is 70.9 Å². The summed E-state index contributed by atoms with van der Waals surface area (Å²) in [5.41, 5.74) is 2.31. The lowest BCUT2D eigenvalue weighted by Crippen LogP contribution is -2.21. The van der Waals surface area contributed by atoms with Gasteiger partial charge in [0, 0.05) is 11.8 Å². The van der Waals surface area contributed by atoms with Crippen molar-refractivity contribution in [1.29, 1.82) is 0 Å². The van der Waals surface area contributed by atoms with Crippen molar-refractivity contribution < 1.29 is 5.11 Å². The Hall–Kier alpha value is -2.10. The van der Waals surface area contributed by atoms with Gasteiger partial charge in [0.05, 0.1) is 12.1 Å². The molecule has 1 aliphatic rings. The molecule has 0 aliphatic heterocycles. The summed E-state index contributed by atoms with van der Waals surface area (Å²) >= 11 is 6.27. The van der Waals surface area contributed by atoms with Gasteiger partial charge in [0.1, 0.15) is 11.0 Å². The van der Waals surface area contributed by atoms with Crippen LogP contribution in [-0.2, 0) is 6.42 Å². The Morgan fingerprint density at radius 2 is 1.86 bits per heavy atom. The SMILES string of the molecule is O[C@@H]1Cc2ccccc2[C@@H]1Nc1cc2ccccc2c(Cl)n1. The van der Waals surface area contributed by atoms with E-state index in [1.165, 1.54) is 5.56 Å². The average Bonchev–Trinajstić information content (AvgIpc) is 2.84. The third-order valence-corrected chi connectivity index (χ3v) is 4.49. The fourth-order valence-corrected chi connectivity index (χ4v) is 3.40. The number of pyridine rings is 1. The normalized spacial score (nSPS) is 20.1. The minimum atomic E-state index is -0.454. The number of halogens is 1. The Morgan fingerprint density at radius 3 is 2.77 bits per heavy atom. The fraction of sp³-hybridized carbons (Fsp3) is 0.167. The highest BCUT2D eigenvalue weighted by Crippen LogP contribution is 2.34. The maximum absolute atomic E-state index is 10.3. The average molecular weight is 311 g/mol. The quantitative estimate of drug-likeness (QED) is 0.704. The standard InChI is InChI=1S/C18H15ClN2O/c19-18-14-8-4-2-6-12(14)10-16(21-18)20-17-13-7-3-1-5-11(13)9-15(17)22/h1-8,10,15,17,22H,9H2,(H,20,21)/t15-,17+/m1/s1. The molecule has 0 saturated carbocycles. The smallest absolute Gasteiger partial charge is 0.139 e. The van der Waals surface area contributed by atoms with Crippen LogP contribution in [0.2, 0.25) is 5.15 Å². The first-order chi connectivity index (χ1) is 10.7. The number of aliphatic hydroxyl groups is 1. The molecule has 0 saturated heterocycles. The van der Waals surface area contributed by atoms with Crippen molar-refractivity contribution in [3.63, 3.8) is 0 Å². The summed E-state index contributed by atoms with van der Waals surface area (Å²) in [4.78, 5) is 4.42. The molecule has 4 rings (SSSR count). The van der Waals surface area contributed by atoms with E-state index < -0.39 is 6.10 Å². The molecule has 3 nitrogen and oxygen atoms in total. The third kappa shape index (κ3) is 2.23. The van der Waals surface area contributed by atoms with Gasteiger partial charge >= 0.3 is 0 Å². The number of hydrogen-bond donors (Lipinski definition) is 2. The van der Waals surface area contributed by atoms with Crippen LogP contribution in [0.3, 0.4) is 0 Å². The van der Waals surface area contributed by atoms with Gasteiger partial charge in [-0.2, -0.15) is 0 Å². The van der Waals surface area contributed by atoms with E-state index in [2.05, 4.69) is 16.4 Å². The van der Waals surface area contributed by atoms with Crippen LogP contribution in [0.15, 0.2) is 54.6 Å². The van der Waals surface area contributed by atoms with Crippen molar-refractivity contribution in [2.75, 3.05) is 5.32 Å². The van der Waals surface area contributed by atoms with E-state index in [4.69, 9.17) is 11.6 Å². The van der Waals surface area contributed by atoms with Crippen molar-refractivity contribution in [2.24, 2.45) is 0 Å². The minimum absolute atomic E-state index is 0.152. The second-order valence-corrected chi connectivity index (χ2v) is 5.97. The van der Waals surface area contributed by atoms with Gasteiger partial charge in [0.25, 0.3) is 0 Å². The highest BCUT2D eigenvalue weighted by molar-refractivity contribution is 6.34. The molecule has 110 valence electrons. The first kappa shape index (κ1) is 13.6. The number of anilines is 1. The zero-order chi connectivity index (χ0) is 15.1. The second-order valence-electron chi connectivity index (χ2n) is 5.61. The molecular formula is C18H15ClN2O. The summed E-state index contributed by atoms with van der Waals surface area (Å²) < 4.78 is 0. The largest absolute Gasteiger partial charge is 0.390 e. The van der Waals surface area contributed by atoms with E-state index >= 15 is 0 Å². The number of fused-ring (bicyclic) bond motifs is 2. The molecule has 4 heteroatoms. The van der Waals surface area contributed by atoms with Crippen molar-refractivity contribution in [1.82, 2.24) is 4.98 Å². The number of rotatable bonds is 2. The van der Waals surface area contributed by atoms with Gasteiger partial charge in [-0.05, 0) is 22.6 Å². The number of hydrogen-bond acceptors (Lipinski definition) is 3. The Balaban J connectivity index is 1.72. The molecule has 0 fully saturated rings. The van der Waals surface area contributed by atoms with Crippen LogP contribution in [-0.4, -0.2) is 16.2 Å². The Kier molecular flexibility index (Phi) is 3.25. The molecular weight excluding hydrogens is 296 g/mol. The number of benzene rings is 2. The molecule has 0 unspecified atom stereocenters. The molecule has 0 bridgehead atoms. The Bertz CT molecular complexity index is 849. The maximum Gasteiger partial charge on any atom is 0.139 e. The van der Waals surface area contributed by atoms with Gasteiger partial charge < -0.3 is 10.4 Å². The highest BCUT2D eigenvalue weighted by Gasteiger charge is 2.30. The summed E-state index contributed by atoms with van der Waals surface area (Å²) in [6, 6.07) is 17.8. The first-order valence-electron chi connectivity index (χ1n) is 7.30. The van der Waals surface area contributed by atoms with Gasteiger partial charge in [0.15, 0.2) is 0 Å². The molecule has 0 spiro atoms. The molecule has 1 heterocycles. The summed E-state index contributed by atoms with van der Waals surface area (Å²) in [5, 5.41) is 16.1. The summed E-state index contributed by atoms with van der Waals surface area (Å²) in [5.74, 6) is 0.685. The van der Waals surface area contributed by atoms with Crippen LogP contribution in [0.1, 0.15) is 17.2 Å². The number of aromatic nitrogens is 1. The lowest BCUT2D eigenvalue weighted by molar-refractivity contribution is 0.165. The van der Waals surface area contributed by atoms with E-state index in [0.29, 0.717) is 17.4 Å².